The van der Waals surface area contributed by atoms with Crippen LogP contribution in [0.1, 0.15) is 0 Å². The zero-order valence-corrected chi connectivity index (χ0v) is 8.29. The van der Waals surface area contributed by atoms with Crippen molar-refractivity contribution in [3.05, 3.63) is 0 Å². The number of rotatable bonds is 0. The van der Waals surface area contributed by atoms with Crippen LogP contribution >= 0.6 is 21.4 Å². The van der Waals surface area contributed by atoms with E-state index in [1.54, 1.807) is 0 Å². The van der Waals surface area contributed by atoms with Crippen molar-refractivity contribution >= 4 is 57.9 Å². The molecule has 0 saturated carbocycles. The Morgan fingerprint density at radius 1 is 1.40 bits per heavy atom. The standard InChI is InChI=1S/Cl2OS.Pb/c1-4(2)3;. The van der Waals surface area contributed by atoms with E-state index in [2.05, 4.69) is 21.4 Å². The third-order valence-electron chi connectivity index (χ3n) is 0. The van der Waals surface area contributed by atoms with E-state index in [-0.39, 0.29) is 27.3 Å². The van der Waals surface area contributed by atoms with E-state index < -0.39 is 9.23 Å². The second-order valence-corrected chi connectivity index (χ2v) is 2.71. The first-order valence-electron chi connectivity index (χ1n) is 0.475. The molecule has 0 fully saturated rings. The number of halogens is 2. The molecule has 0 atom stereocenters. The Labute approximate surface area is 61.6 Å². The Morgan fingerprint density at radius 3 is 1.40 bits per heavy atom. The summed E-state index contributed by atoms with van der Waals surface area (Å²) in [5.41, 5.74) is 0. The van der Waals surface area contributed by atoms with Crippen molar-refractivity contribution in [2.45, 2.75) is 0 Å². The summed E-state index contributed by atoms with van der Waals surface area (Å²) in [7, 11) is 7.36. The van der Waals surface area contributed by atoms with Gasteiger partial charge in [-0.1, -0.05) is 0 Å². The van der Waals surface area contributed by atoms with Crippen molar-refractivity contribution in [1.29, 1.82) is 0 Å². The van der Waals surface area contributed by atoms with Crippen LogP contribution in [-0.2, 0) is 9.23 Å². The molecule has 30 valence electrons. The molecule has 0 aliphatic heterocycles. The maximum absolute atomic E-state index is 9.09. The molecule has 5 heteroatoms. The summed E-state index contributed by atoms with van der Waals surface area (Å²) in [4.78, 5) is 0. The quantitative estimate of drug-likeness (QED) is 0.472. The predicted octanol–water partition coefficient (Wildman–Crippen LogP) is 0.662. The van der Waals surface area contributed by atoms with Gasteiger partial charge in [-0.15, -0.1) is 0 Å². The average Bonchev–Trinajstić information content (AvgIpc) is 0.811. The molecule has 0 rings (SSSR count). The van der Waals surface area contributed by atoms with Crippen LogP contribution in [0.3, 0.4) is 0 Å². The van der Waals surface area contributed by atoms with Gasteiger partial charge in [0.2, 0.25) is 9.23 Å². The van der Waals surface area contributed by atoms with Crippen LogP contribution in [0, 0.1) is 0 Å². The van der Waals surface area contributed by atoms with Crippen molar-refractivity contribution in [2.24, 2.45) is 0 Å². The zero-order chi connectivity index (χ0) is 3.58. The maximum atomic E-state index is 9.09. The molecule has 0 N–H and O–H groups in total. The Balaban J connectivity index is 0. The molecular weight excluding hydrogens is 326 g/mol. The molecule has 0 heterocycles. The molecule has 0 bridgehead atoms. The van der Waals surface area contributed by atoms with Crippen LogP contribution in [0.5, 0.6) is 0 Å². The van der Waals surface area contributed by atoms with E-state index in [1.165, 1.54) is 0 Å². The van der Waals surface area contributed by atoms with Crippen molar-refractivity contribution in [3.8, 4) is 0 Å². The van der Waals surface area contributed by atoms with Gasteiger partial charge in [0.1, 0.15) is 0 Å². The topological polar surface area (TPSA) is 17.1 Å². The summed E-state index contributed by atoms with van der Waals surface area (Å²) in [6.07, 6.45) is 0. The summed E-state index contributed by atoms with van der Waals surface area (Å²) < 4.78 is 9.09. The van der Waals surface area contributed by atoms with Crippen LogP contribution in [-0.4, -0.2) is 31.5 Å². The van der Waals surface area contributed by atoms with Crippen molar-refractivity contribution in [1.82, 2.24) is 0 Å². The van der Waals surface area contributed by atoms with Gasteiger partial charge in [0, 0.05) is 48.7 Å². The van der Waals surface area contributed by atoms with E-state index in [4.69, 9.17) is 4.21 Å². The van der Waals surface area contributed by atoms with Gasteiger partial charge in [-0.2, -0.15) is 0 Å². The minimum atomic E-state index is -1.67. The largest absolute Gasteiger partial charge is 0.225 e. The van der Waals surface area contributed by atoms with Gasteiger partial charge < -0.3 is 0 Å². The van der Waals surface area contributed by atoms with Crippen LogP contribution in [0.4, 0.5) is 0 Å². The Hall–Kier alpha value is 1.65. The molecule has 0 saturated heterocycles. The second-order valence-electron chi connectivity index (χ2n) is 0.184. The number of hydrogen-bond acceptors (Lipinski definition) is 1. The minimum Gasteiger partial charge on any atom is -0.225 e. The van der Waals surface area contributed by atoms with Crippen molar-refractivity contribution in [3.63, 3.8) is 0 Å². The summed E-state index contributed by atoms with van der Waals surface area (Å²) in [6, 6.07) is 0. The smallest absolute Gasteiger partial charge is 0.211 e. The Morgan fingerprint density at radius 2 is 1.40 bits per heavy atom. The fraction of sp³-hybridized carbons (Fsp3) is 0. The van der Waals surface area contributed by atoms with Gasteiger partial charge in [0.25, 0.3) is 0 Å². The first kappa shape index (κ1) is 9.82. The first-order valence-corrected chi connectivity index (χ1v) is 3.28. The molecule has 0 spiro atoms. The summed E-state index contributed by atoms with van der Waals surface area (Å²) in [6.45, 7) is 0. The summed E-state index contributed by atoms with van der Waals surface area (Å²) in [5.74, 6) is 0. The van der Waals surface area contributed by atoms with Crippen LogP contribution < -0.4 is 0 Å². The van der Waals surface area contributed by atoms with Gasteiger partial charge in [-0.25, -0.2) is 4.21 Å². The zero-order valence-electron chi connectivity index (χ0n) is 2.07. The van der Waals surface area contributed by atoms with E-state index in [0.29, 0.717) is 0 Å². The molecule has 0 aromatic carbocycles. The fourth-order valence-electron chi connectivity index (χ4n) is 0. The van der Waals surface area contributed by atoms with E-state index in [9.17, 15) is 0 Å². The van der Waals surface area contributed by atoms with Gasteiger partial charge in [0.05, 0.1) is 0 Å². The van der Waals surface area contributed by atoms with Gasteiger partial charge >= 0.3 is 0 Å². The third kappa shape index (κ3) is 27.6. The van der Waals surface area contributed by atoms with E-state index in [0.717, 1.165) is 0 Å². The van der Waals surface area contributed by atoms with Gasteiger partial charge in [0.15, 0.2) is 0 Å². The molecule has 1 nitrogen and oxygen atoms in total. The summed E-state index contributed by atoms with van der Waals surface area (Å²) >= 11 is 0. The number of hydrogen-bond donors (Lipinski definition) is 0. The van der Waals surface area contributed by atoms with Crippen LogP contribution in [0.25, 0.3) is 0 Å². The first-order chi connectivity index (χ1) is 1.73. The molecular formula is Cl2OPbS. The second kappa shape index (κ2) is 5.65. The molecule has 0 aromatic rings. The van der Waals surface area contributed by atoms with E-state index in [1.807, 2.05) is 0 Å². The average molecular weight is 326 g/mol. The van der Waals surface area contributed by atoms with Crippen molar-refractivity contribution < 1.29 is 4.21 Å². The monoisotopic (exact) mass is 326 g/mol. The predicted molar refractivity (Wildman–Crippen MR) is 25.6 cm³/mol. The molecule has 0 aromatic heterocycles. The molecule has 5 heavy (non-hydrogen) atoms. The van der Waals surface area contributed by atoms with Gasteiger partial charge in [-0.3, -0.25) is 0 Å². The molecule has 0 aliphatic carbocycles. The van der Waals surface area contributed by atoms with E-state index >= 15 is 0 Å². The van der Waals surface area contributed by atoms with Crippen molar-refractivity contribution in [2.75, 3.05) is 0 Å². The molecule has 4 radical (unpaired) electrons. The normalized spacial score (nSPS) is 7.00. The maximum Gasteiger partial charge on any atom is 0.211 e. The third-order valence-corrected chi connectivity index (χ3v) is 0. The fourth-order valence-corrected chi connectivity index (χ4v) is 0. The Kier molecular flexibility index (Phi) is 11.1. The molecule has 0 unspecified atom stereocenters. The minimum absolute atomic E-state index is 0. The van der Waals surface area contributed by atoms with Crippen LogP contribution in [0.2, 0.25) is 0 Å². The summed E-state index contributed by atoms with van der Waals surface area (Å²) in [5, 5.41) is 0. The Bertz CT molecular complexity index is 32.6. The molecule has 0 aliphatic rings. The van der Waals surface area contributed by atoms with Gasteiger partial charge in [-0.05, 0) is 0 Å². The molecule has 0 amide bonds. The van der Waals surface area contributed by atoms with Crippen LogP contribution in [0.15, 0.2) is 0 Å². The SMILES string of the molecule is O=S(Cl)Cl.[Pb].